The lowest BCUT2D eigenvalue weighted by Gasteiger charge is -2.30. The van der Waals surface area contributed by atoms with Gasteiger partial charge < -0.3 is 14.8 Å². The van der Waals surface area contributed by atoms with E-state index in [9.17, 15) is 9.59 Å². The van der Waals surface area contributed by atoms with Crippen molar-refractivity contribution in [1.29, 1.82) is 0 Å². The number of amides is 1. The monoisotopic (exact) mass is 317 g/mol. The molecule has 0 atom stereocenters. The van der Waals surface area contributed by atoms with Gasteiger partial charge in [-0.15, -0.1) is 0 Å². The van der Waals surface area contributed by atoms with E-state index in [1.165, 1.54) is 0 Å². The largest absolute Gasteiger partial charge is 0.466 e. The number of thiocarbonyl (C=S) groups is 1. The molecule has 1 aliphatic heterocycles. The average molecular weight is 317 g/mol. The summed E-state index contributed by atoms with van der Waals surface area (Å²) in [6, 6.07) is 0. The van der Waals surface area contributed by atoms with Crippen LogP contribution in [0.1, 0.15) is 26.2 Å². The van der Waals surface area contributed by atoms with Crippen molar-refractivity contribution in [3.8, 4) is 0 Å². The maximum Gasteiger partial charge on any atom is 0.307 e. The Morgan fingerprint density at radius 3 is 2.62 bits per heavy atom. The van der Waals surface area contributed by atoms with Crippen molar-refractivity contribution in [3.05, 3.63) is 0 Å². The molecule has 1 N–H and O–H groups in total. The molecule has 0 aromatic carbocycles. The molecule has 1 saturated heterocycles. The first-order chi connectivity index (χ1) is 10.1. The van der Waals surface area contributed by atoms with E-state index in [1.54, 1.807) is 24.1 Å². The lowest BCUT2D eigenvalue weighted by Crippen LogP contribution is -2.49. The van der Waals surface area contributed by atoms with Crippen molar-refractivity contribution in [2.75, 3.05) is 40.0 Å². The molecule has 7 nitrogen and oxygen atoms in total. The molecule has 0 spiro atoms. The first-order valence-corrected chi connectivity index (χ1v) is 7.51. The van der Waals surface area contributed by atoms with Gasteiger partial charge in [0.2, 0.25) is 5.91 Å². The van der Waals surface area contributed by atoms with E-state index in [1.807, 2.05) is 0 Å². The summed E-state index contributed by atoms with van der Waals surface area (Å²) in [6.07, 6.45) is 1.45. The number of methoxy groups -OCH3 is 1. The summed E-state index contributed by atoms with van der Waals surface area (Å²) in [5.41, 5.74) is 0. The van der Waals surface area contributed by atoms with Gasteiger partial charge in [0.05, 0.1) is 26.1 Å². The van der Waals surface area contributed by atoms with Crippen LogP contribution in [-0.2, 0) is 19.1 Å². The maximum absolute atomic E-state index is 12.0. The number of ether oxygens (including phenoxy) is 2. The van der Waals surface area contributed by atoms with Crippen molar-refractivity contribution in [1.82, 2.24) is 15.3 Å². The van der Waals surface area contributed by atoms with E-state index in [2.05, 4.69) is 5.32 Å². The minimum atomic E-state index is -0.262. The second kappa shape index (κ2) is 9.51. The molecule has 0 aliphatic carbocycles. The predicted molar refractivity (Wildman–Crippen MR) is 81.4 cm³/mol. The number of hydrazine groups is 1. The third-order valence-corrected chi connectivity index (χ3v) is 3.34. The molecule has 1 aliphatic rings. The Hall–Kier alpha value is -1.41. The molecule has 8 heteroatoms. The van der Waals surface area contributed by atoms with E-state index in [0.717, 1.165) is 6.42 Å². The van der Waals surface area contributed by atoms with E-state index in [4.69, 9.17) is 21.7 Å². The molecule has 120 valence electrons. The van der Waals surface area contributed by atoms with Gasteiger partial charge in [0.1, 0.15) is 0 Å². The lowest BCUT2D eigenvalue weighted by atomic mass is 10.4. The van der Waals surface area contributed by atoms with Crippen LogP contribution in [-0.4, -0.2) is 67.0 Å². The number of nitrogens with zero attached hydrogens (tertiary/aromatic N) is 2. The normalized spacial score (nSPS) is 14.2. The van der Waals surface area contributed by atoms with Crippen molar-refractivity contribution >= 4 is 29.2 Å². The Labute approximate surface area is 130 Å². The molecular formula is C13H23N3O4S. The number of carbonyl (C=O) groups is 2. The van der Waals surface area contributed by atoms with E-state index < -0.39 is 0 Å². The van der Waals surface area contributed by atoms with Crippen molar-refractivity contribution < 1.29 is 19.1 Å². The van der Waals surface area contributed by atoms with Crippen molar-refractivity contribution in [2.24, 2.45) is 0 Å². The molecule has 0 saturated carbocycles. The number of rotatable bonds is 7. The molecule has 1 rings (SSSR count). The van der Waals surface area contributed by atoms with Crippen molar-refractivity contribution in [3.63, 3.8) is 0 Å². The molecule has 1 heterocycles. The number of hydrogen-bond acceptors (Lipinski definition) is 5. The fourth-order valence-electron chi connectivity index (χ4n) is 2.00. The number of carbonyl (C=O) groups excluding carboxylic acids is 2. The highest BCUT2D eigenvalue weighted by atomic mass is 32.1. The zero-order valence-corrected chi connectivity index (χ0v) is 13.4. The fraction of sp³-hybridized carbons (Fsp3) is 0.769. The zero-order chi connectivity index (χ0) is 15.7. The summed E-state index contributed by atoms with van der Waals surface area (Å²) >= 11 is 5.28. The van der Waals surface area contributed by atoms with Gasteiger partial charge in [-0.1, -0.05) is 0 Å². The van der Waals surface area contributed by atoms with Gasteiger partial charge >= 0.3 is 5.97 Å². The van der Waals surface area contributed by atoms with Crippen LogP contribution >= 0.6 is 12.2 Å². The molecular weight excluding hydrogens is 294 g/mol. The lowest BCUT2D eigenvalue weighted by molar-refractivity contribution is -0.143. The third kappa shape index (κ3) is 5.84. The van der Waals surface area contributed by atoms with Crippen molar-refractivity contribution in [2.45, 2.75) is 26.2 Å². The molecule has 0 radical (unpaired) electrons. The van der Waals surface area contributed by atoms with Gasteiger partial charge in [0.25, 0.3) is 0 Å². The smallest absolute Gasteiger partial charge is 0.307 e. The quantitative estimate of drug-likeness (QED) is 0.535. The first-order valence-electron chi connectivity index (χ1n) is 7.10. The van der Waals surface area contributed by atoms with Crippen LogP contribution in [0.25, 0.3) is 0 Å². The van der Waals surface area contributed by atoms with Crippen LogP contribution in [0.2, 0.25) is 0 Å². The molecule has 0 aromatic rings. The summed E-state index contributed by atoms with van der Waals surface area (Å²) in [5.74, 6) is -0.272. The minimum Gasteiger partial charge on any atom is -0.466 e. The van der Waals surface area contributed by atoms with Crippen LogP contribution in [0, 0.1) is 0 Å². The van der Waals surface area contributed by atoms with E-state index in [0.29, 0.717) is 44.4 Å². The Morgan fingerprint density at radius 1 is 1.24 bits per heavy atom. The molecule has 0 unspecified atom stereocenters. The summed E-state index contributed by atoms with van der Waals surface area (Å²) in [7, 11) is 1.57. The summed E-state index contributed by atoms with van der Waals surface area (Å²) in [4.78, 5) is 23.3. The maximum atomic E-state index is 12.0. The van der Waals surface area contributed by atoms with Gasteiger partial charge in [-0.2, -0.15) is 0 Å². The van der Waals surface area contributed by atoms with E-state index in [-0.39, 0.29) is 18.3 Å². The van der Waals surface area contributed by atoms with Crippen LogP contribution in [0.5, 0.6) is 0 Å². The third-order valence-electron chi connectivity index (χ3n) is 2.98. The number of hydrogen-bond donors (Lipinski definition) is 1. The average Bonchev–Trinajstić information content (AvgIpc) is 2.94. The topological polar surface area (TPSA) is 71.1 Å². The number of esters is 1. The van der Waals surface area contributed by atoms with Gasteiger partial charge in [0, 0.05) is 26.7 Å². The van der Waals surface area contributed by atoms with Gasteiger partial charge in [0.15, 0.2) is 5.11 Å². The Morgan fingerprint density at radius 2 is 1.95 bits per heavy atom. The summed E-state index contributed by atoms with van der Waals surface area (Å²) in [5, 5.41) is 6.83. The van der Waals surface area contributed by atoms with E-state index >= 15 is 0 Å². The zero-order valence-electron chi connectivity index (χ0n) is 12.6. The molecule has 0 aromatic heterocycles. The Bertz CT molecular complexity index is 378. The molecule has 21 heavy (non-hydrogen) atoms. The number of nitrogens with one attached hydrogen (secondary N) is 1. The molecule has 1 amide bonds. The van der Waals surface area contributed by atoms with Crippen LogP contribution in [0.15, 0.2) is 0 Å². The molecule has 1 fully saturated rings. The van der Waals surface area contributed by atoms with Gasteiger partial charge in [-0.05, 0) is 25.6 Å². The summed E-state index contributed by atoms with van der Waals surface area (Å²) in [6.45, 7) is 4.29. The second-order valence-corrected chi connectivity index (χ2v) is 4.91. The fourth-order valence-corrected chi connectivity index (χ4v) is 2.29. The predicted octanol–water partition coefficient (Wildman–Crippen LogP) is 0.300. The van der Waals surface area contributed by atoms with Crippen LogP contribution in [0.4, 0.5) is 0 Å². The van der Waals surface area contributed by atoms with Crippen LogP contribution < -0.4 is 5.32 Å². The minimum absolute atomic E-state index is 0.0103. The highest BCUT2D eigenvalue weighted by Gasteiger charge is 2.28. The SMILES string of the molecule is CCOC(=O)CCNC(=S)N1CCCN1C(=O)CCOC. The van der Waals surface area contributed by atoms with Crippen LogP contribution in [0.3, 0.4) is 0 Å². The highest BCUT2D eigenvalue weighted by Crippen LogP contribution is 2.12. The van der Waals surface area contributed by atoms with Gasteiger partial charge in [-0.3, -0.25) is 19.6 Å². The Kier molecular flexibility index (Phi) is 7.99. The highest BCUT2D eigenvalue weighted by molar-refractivity contribution is 7.80. The molecule has 0 bridgehead atoms. The second-order valence-electron chi connectivity index (χ2n) is 4.52. The standard InChI is InChI=1S/C13H23N3O4S/c1-3-20-12(18)5-7-14-13(21)16-9-4-8-15(16)11(17)6-10-19-2/h3-10H2,1-2H3,(H,14,21). The van der Waals surface area contributed by atoms with Gasteiger partial charge in [-0.25, -0.2) is 0 Å². The first kappa shape index (κ1) is 17.6. The summed E-state index contributed by atoms with van der Waals surface area (Å²) < 4.78 is 9.75. The Balaban J connectivity index is 2.38.